The summed E-state index contributed by atoms with van der Waals surface area (Å²) in [6.07, 6.45) is 2.45. The number of nitriles is 2. The highest BCUT2D eigenvalue weighted by Crippen LogP contribution is 2.30. The van der Waals surface area contributed by atoms with Gasteiger partial charge < -0.3 is 11.1 Å². The van der Waals surface area contributed by atoms with Crippen LogP contribution in [0.2, 0.25) is 0 Å². The highest BCUT2D eigenvalue weighted by Gasteiger charge is 2.23. The smallest absolute Gasteiger partial charge is 0.168 e. The molecular weight excluding hydrogens is 264 g/mol. The van der Waals surface area contributed by atoms with Crippen LogP contribution < -0.4 is 11.1 Å². The molecule has 6 heteroatoms. The zero-order chi connectivity index (χ0) is 14.8. The Kier molecular flexibility index (Phi) is 3.21. The lowest BCUT2D eigenvalue weighted by Crippen LogP contribution is -2.05. The number of hydrogen-bond donors (Lipinski definition) is 2. The van der Waals surface area contributed by atoms with Crippen molar-refractivity contribution in [3.05, 3.63) is 35.4 Å². The van der Waals surface area contributed by atoms with Gasteiger partial charge in [-0.15, -0.1) is 5.10 Å². The molecule has 1 saturated carbocycles. The van der Waals surface area contributed by atoms with E-state index in [9.17, 15) is 5.26 Å². The minimum atomic E-state index is 0.306. The lowest BCUT2D eigenvalue weighted by Gasteiger charge is -2.03. The van der Waals surface area contributed by atoms with Crippen molar-refractivity contribution in [1.29, 1.82) is 10.5 Å². The van der Waals surface area contributed by atoms with Gasteiger partial charge in [-0.05, 0) is 43.0 Å². The van der Waals surface area contributed by atoms with E-state index in [1.807, 2.05) is 0 Å². The van der Waals surface area contributed by atoms with Crippen LogP contribution in [0.4, 0.5) is 11.6 Å². The Balaban J connectivity index is 1.93. The maximum atomic E-state index is 9.26. The van der Waals surface area contributed by atoms with Gasteiger partial charge in [0.05, 0.1) is 17.3 Å². The molecule has 0 amide bonds. The second-order valence-electron chi connectivity index (χ2n) is 5.12. The predicted molar refractivity (Wildman–Crippen MR) is 78.6 cm³/mol. The van der Waals surface area contributed by atoms with Gasteiger partial charge in [0, 0.05) is 6.54 Å². The Bertz CT molecular complexity index is 740. The summed E-state index contributed by atoms with van der Waals surface area (Å²) in [6, 6.07) is 11.1. The van der Waals surface area contributed by atoms with Crippen LogP contribution in [0.5, 0.6) is 0 Å². The zero-order valence-electron chi connectivity index (χ0n) is 11.4. The summed E-state index contributed by atoms with van der Waals surface area (Å²) in [6.45, 7) is 0.818. The van der Waals surface area contributed by atoms with Crippen LogP contribution in [0.15, 0.2) is 24.3 Å². The molecule has 1 aromatic carbocycles. The molecule has 1 aliphatic rings. The number of hydrogen-bond acceptors (Lipinski definition) is 5. The van der Waals surface area contributed by atoms with E-state index in [2.05, 4.69) is 22.6 Å². The molecule has 21 heavy (non-hydrogen) atoms. The number of rotatable bonds is 4. The first kappa shape index (κ1) is 13.0. The molecule has 0 aliphatic heterocycles. The summed E-state index contributed by atoms with van der Waals surface area (Å²) in [5.41, 5.74) is 7.66. The number of aromatic nitrogens is 2. The van der Waals surface area contributed by atoms with Crippen LogP contribution in [-0.4, -0.2) is 16.3 Å². The van der Waals surface area contributed by atoms with Gasteiger partial charge >= 0.3 is 0 Å². The van der Waals surface area contributed by atoms with Crippen molar-refractivity contribution in [2.75, 3.05) is 17.6 Å². The first-order valence-corrected chi connectivity index (χ1v) is 6.76. The third kappa shape index (κ3) is 2.52. The van der Waals surface area contributed by atoms with Crippen molar-refractivity contribution in [1.82, 2.24) is 9.78 Å². The van der Waals surface area contributed by atoms with Gasteiger partial charge in [-0.25, -0.2) is 4.68 Å². The Hall–Kier alpha value is -2.99. The molecule has 0 atom stereocenters. The van der Waals surface area contributed by atoms with E-state index in [4.69, 9.17) is 11.0 Å². The second-order valence-corrected chi connectivity index (χ2v) is 5.12. The fourth-order valence-electron chi connectivity index (χ4n) is 2.10. The number of benzene rings is 1. The van der Waals surface area contributed by atoms with Crippen LogP contribution in [-0.2, 0) is 0 Å². The lowest BCUT2D eigenvalue weighted by molar-refractivity contribution is 0.855. The quantitative estimate of drug-likeness (QED) is 0.890. The lowest BCUT2D eigenvalue weighted by atomic mass is 10.2. The van der Waals surface area contributed by atoms with Crippen molar-refractivity contribution in [3.8, 4) is 17.8 Å². The number of nitrogen functional groups attached to an aromatic ring is 1. The Labute approximate surface area is 122 Å². The third-order valence-corrected chi connectivity index (χ3v) is 3.53. The molecule has 0 saturated heterocycles. The van der Waals surface area contributed by atoms with Gasteiger partial charge in [-0.3, -0.25) is 0 Å². The average molecular weight is 278 g/mol. The van der Waals surface area contributed by atoms with E-state index in [0.717, 1.165) is 12.2 Å². The highest BCUT2D eigenvalue weighted by molar-refractivity contribution is 5.66. The van der Waals surface area contributed by atoms with E-state index in [0.29, 0.717) is 28.7 Å². The summed E-state index contributed by atoms with van der Waals surface area (Å²) >= 11 is 0. The van der Waals surface area contributed by atoms with Crippen molar-refractivity contribution < 1.29 is 0 Å². The SMILES string of the molecule is N#Cc1ccc(-n2nc(NCC3CC3)c(C#N)c2N)cc1. The predicted octanol–water partition coefficient (Wildman–Crippen LogP) is 2.02. The van der Waals surface area contributed by atoms with Gasteiger partial charge in [-0.1, -0.05) is 0 Å². The summed E-state index contributed by atoms with van der Waals surface area (Å²) in [7, 11) is 0. The molecule has 1 fully saturated rings. The monoisotopic (exact) mass is 278 g/mol. The zero-order valence-corrected chi connectivity index (χ0v) is 11.4. The van der Waals surface area contributed by atoms with Crippen molar-refractivity contribution >= 4 is 11.6 Å². The van der Waals surface area contributed by atoms with Gasteiger partial charge in [0.2, 0.25) is 0 Å². The number of nitrogens with one attached hydrogen (secondary N) is 1. The third-order valence-electron chi connectivity index (χ3n) is 3.53. The molecule has 0 unspecified atom stereocenters. The van der Waals surface area contributed by atoms with Crippen LogP contribution in [0.1, 0.15) is 24.0 Å². The molecule has 1 heterocycles. The molecule has 2 aromatic rings. The van der Waals surface area contributed by atoms with Gasteiger partial charge in [0.25, 0.3) is 0 Å². The van der Waals surface area contributed by atoms with E-state index in [1.165, 1.54) is 17.5 Å². The van der Waals surface area contributed by atoms with Crippen LogP contribution >= 0.6 is 0 Å². The topological polar surface area (TPSA) is 103 Å². The summed E-state index contributed by atoms with van der Waals surface area (Å²) in [5, 5.41) is 25.6. The van der Waals surface area contributed by atoms with Crippen molar-refractivity contribution in [2.45, 2.75) is 12.8 Å². The van der Waals surface area contributed by atoms with E-state index in [-0.39, 0.29) is 0 Å². The Morgan fingerprint density at radius 2 is 1.95 bits per heavy atom. The number of nitrogens with two attached hydrogens (primary N) is 1. The van der Waals surface area contributed by atoms with Crippen LogP contribution in [0.25, 0.3) is 5.69 Å². The second kappa shape index (κ2) is 5.18. The molecule has 1 aliphatic carbocycles. The maximum Gasteiger partial charge on any atom is 0.168 e. The van der Waals surface area contributed by atoms with Crippen molar-refractivity contribution in [3.63, 3.8) is 0 Å². The molecule has 104 valence electrons. The number of anilines is 2. The largest absolute Gasteiger partial charge is 0.382 e. The standard InChI is InChI=1S/C15H14N6/c16-7-10-3-5-12(6-4-10)21-14(18)13(8-17)15(20-21)19-9-11-1-2-11/h3-6,11H,1-2,9,18H2,(H,19,20). The molecule has 3 N–H and O–H groups in total. The summed E-state index contributed by atoms with van der Waals surface area (Å²) in [5.74, 6) is 1.50. The summed E-state index contributed by atoms with van der Waals surface area (Å²) in [4.78, 5) is 0. The fourth-order valence-corrected chi connectivity index (χ4v) is 2.10. The molecule has 3 rings (SSSR count). The van der Waals surface area contributed by atoms with E-state index < -0.39 is 0 Å². The number of nitrogens with zero attached hydrogens (tertiary/aromatic N) is 4. The maximum absolute atomic E-state index is 9.26. The van der Waals surface area contributed by atoms with E-state index in [1.54, 1.807) is 24.3 Å². The van der Waals surface area contributed by atoms with Crippen LogP contribution in [0.3, 0.4) is 0 Å². The molecular formula is C15H14N6. The molecule has 0 spiro atoms. The Morgan fingerprint density at radius 1 is 1.24 bits per heavy atom. The van der Waals surface area contributed by atoms with Gasteiger partial charge in [-0.2, -0.15) is 10.5 Å². The minimum absolute atomic E-state index is 0.306. The van der Waals surface area contributed by atoms with Crippen LogP contribution in [0, 0.1) is 28.6 Å². The molecule has 6 nitrogen and oxygen atoms in total. The minimum Gasteiger partial charge on any atom is -0.382 e. The average Bonchev–Trinajstić information content (AvgIpc) is 3.29. The van der Waals surface area contributed by atoms with E-state index >= 15 is 0 Å². The molecule has 1 aromatic heterocycles. The van der Waals surface area contributed by atoms with Crippen molar-refractivity contribution in [2.24, 2.45) is 5.92 Å². The normalized spacial score (nSPS) is 13.4. The molecule has 0 bridgehead atoms. The van der Waals surface area contributed by atoms with Gasteiger partial charge in [0.15, 0.2) is 5.82 Å². The highest BCUT2D eigenvalue weighted by atomic mass is 15.3. The Morgan fingerprint density at radius 3 is 2.52 bits per heavy atom. The fraction of sp³-hybridized carbons (Fsp3) is 0.267. The molecule has 0 radical (unpaired) electrons. The van der Waals surface area contributed by atoms with Gasteiger partial charge in [0.1, 0.15) is 17.5 Å². The summed E-state index contributed by atoms with van der Waals surface area (Å²) < 4.78 is 1.52. The first-order valence-electron chi connectivity index (χ1n) is 6.76. The first-order chi connectivity index (χ1) is 10.2.